The summed E-state index contributed by atoms with van der Waals surface area (Å²) >= 11 is 2.73. The highest BCUT2D eigenvalue weighted by molar-refractivity contribution is 8.02. The first-order chi connectivity index (χ1) is 12.6. The predicted molar refractivity (Wildman–Crippen MR) is 106 cm³/mol. The van der Waals surface area contributed by atoms with Crippen LogP contribution in [0.15, 0.2) is 52.9 Å². The zero-order valence-electron chi connectivity index (χ0n) is 14.1. The van der Waals surface area contributed by atoms with E-state index in [1.165, 1.54) is 23.1 Å². The Morgan fingerprint density at radius 2 is 2.00 bits per heavy atom. The highest BCUT2D eigenvalue weighted by Crippen LogP contribution is 2.34. The Morgan fingerprint density at radius 3 is 2.69 bits per heavy atom. The summed E-state index contributed by atoms with van der Waals surface area (Å²) in [5, 5.41) is 11.7. The second-order valence-electron chi connectivity index (χ2n) is 5.72. The van der Waals surface area contributed by atoms with Crippen LogP contribution >= 0.6 is 23.1 Å². The van der Waals surface area contributed by atoms with Crippen molar-refractivity contribution in [2.24, 2.45) is 0 Å². The monoisotopic (exact) mass is 386 g/mol. The quantitative estimate of drug-likeness (QED) is 0.565. The van der Waals surface area contributed by atoms with E-state index in [-0.39, 0.29) is 5.91 Å². The van der Waals surface area contributed by atoms with Gasteiger partial charge in [-0.1, -0.05) is 43.3 Å². The number of benzene rings is 2. The zero-order chi connectivity index (χ0) is 18.5. The molecule has 7 heteroatoms. The minimum absolute atomic E-state index is 0.169. The number of thiazole rings is 1. The van der Waals surface area contributed by atoms with E-state index in [0.29, 0.717) is 17.7 Å². The van der Waals surface area contributed by atoms with E-state index in [4.69, 9.17) is 0 Å². The van der Waals surface area contributed by atoms with Crippen molar-refractivity contribution in [3.63, 3.8) is 0 Å². The van der Waals surface area contributed by atoms with Crippen molar-refractivity contribution in [3.8, 4) is 0 Å². The van der Waals surface area contributed by atoms with E-state index in [1.54, 1.807) is 18.2 Å². The molecule has 1 amide bonds. The molecule has 2 aromatic carbocycles. The van der Waals surface area contributed by atoms with Gasteiger partial charge in [0.2, 0.25) is 0 Å². The molecule has 3 rings (SSSR count). The largest absolute Gasteiger partial charge is 0.480 e. The molecule has 0 aliphatic carbocycles. The Balaban J connectivity index is 1.77. The van der Waals surface area contributed by atoms with Crippen molar-refractivity contribution in [2.45, 2.75) is 29.4 Å². The number of carbonyl (C=O) groups is 2. The first-order valence-corrected chi connectivity index (χ1v) is 9.93. The summed E-state index contributed by atoms with van der Waals surface area (Å²) in [5.41, 5.74) is 2.09. The molecule has 0 bridgehead atoms. The van der Waals surface area contributed by atoms with Gasteiger partial charge in [-0.2, -0.15) is 0 Å². The highest BCUT2D eigenvalue weighted by atomic mass is 32.2. The summed E-state index contributed by atoms with van der Waals surface area (Å²) in [6, 6.07) is 14.5. The Labute approximate surface area is 159 Å². The number of carboxylic acid groups (broad SMARTS) is 1. The van der Waals surface area contributed by atoms with Gasteiger partial charge in [0.15, 0.2) is 4.34 Å². The lowest BCUT2D eigenvalue weighted by Crippen LogP contribution is -2.15. The molecular weight excluding hydrogens is 368 g/mol. The summed E-state index contributed by atoms with van der Waals surface area (Å²) in [5.74, 6) is -0.982. The predicted octanol–water partition coefficient (Wildman–Crippen LogP) is 4.89. The fourth-order valence-electron chi connectivity index (χ4n) is 2.44. The SMILES string of the molecule is CCCC(Sc1nc2ccc(NC(=O)c3ccccc3)cc2s1)C(=O)O. The van der Waals surface area contributed by atoms with Gasteiger partial charge in [-0.15, -0.1) is 11.3 Å². The summed E-state index contributed by atoms with van der Waals surface area (Å²) in [4.78, 5) is 28.1. The van der Waals surface area contributed by atoms with Crippen molar-refractivity contribution in [1.29, 1.82) is 0 Å². The second-order valence-corrected chi connectivity index (χ2v) is 8.20. The molecule has 1 unspecified atom stereocenters. The second kappa shape index (κ2) is 8.33. The van der Waals surface area contributed by atoms with Crippen LogP contribution in [0.3, 0.4) is 0 Å². The third kappa shape index (κ3) is 4.42. The van der Waals surface area contributed by atoms with Crippen LogP contribution in [-0.2, 0) is 4.79 Å². The molecule has 0 saturated heterocycles. The maximum Gasteiger partial charge on any atom is 0.317 e. The Hall–Kier alpha value is -2.38. The zero-order valence-corrected chi connectivity index (χ0v) is 15.8. The number of thioether (sulfide) groups is 1. The van der Waals surface area contributed by atoms with E-state index >= 15 is 0 Å². The van der Waals surface area contributed by atoms with E-state index in [0.717, 1.165) is 21.0 Å². The van der Waals surface area contributed by atoms with Crippen LogP contribution in [0.2, 0.25) is 0 Å². The number of nitrogens with zero attached hydrogens (tertiary/aromatic N) is 1. The molecule has 1 aromatic heterocycles. The number of amides is 1. The molecule has 3 aromatic rings. The average Bonchev–Trinajstić information content (AvgIpc) is 3.03. The van der Waals surface area contributed by atoms with Crippen molar-refractivity contribution in [1.82, 2.24) is 4.98 Å². The van der Waals surface area contributed by atoms with Gasteiger partial charge >= 0.3 is 5.97 Å². The van der Waals surface area contributed by atoms with Crippen molar-refractivity contribution >= 4 is 50.9 Å². The summed E-state index contributed by atoms with van der Waals surface area (Å²) in [6.45, 7) is 1.97. The fraction of sp³-hybridized carbons (Fsp3) is 0.211. The molecule has 0 spiro atoms. The molecule has 0 aliphatic heterocycles. The van der Waals surface area contributed by atoms with Crippen LogP contribution < -0.4 is 5.32 Å². The number of hydrogen-bond donors (Lipinski definition) is 2. The Morgan fingerprint density at radius 1 is 1.23 bits per heavy atom. The molecule has 2 N–H and O–H groups in total. The van der Waals surface area contributed by atoms with E-state index in [1.807, 2.05) is 37.3 Å². The molecule has 0 saturated carbocycles. The van der Waals surface area contributed by atoms with Gasteiger partial charge in [0.05, 0.1) is 10.2 Å². The van der Waals surface area contributed by atoms with Crippen LogP contribution in [0, 0.1) is 0 Å². The van der Waals surface area contributed by atoms with Gasteiger partial charge in [0, 0.05) is 11.3 Å². The normalized spacial score (nSPS) is 12.0. The van der Waals surface area contributed by atoms with Gasteiger partial charge in [-0.05, 0) is 36.8 Å². The lowest BCUT2D eigenvalue weighted by atomic mass is 10.2. The van der Waals surface area contributed by atoms with Gasteiger partial charge in [-0.25, -0.2) is 4.98 Å². The van der Waals surface area contributed by atoms with Crippen molar-refractivity contribution < 1.29 is 14.7 Å². The molecule has 0 radical (unpaired) electrons. The molecule has 134 valence electrons. The number of hydrogen-bond acceptors (Lipinski definition) is 5. The smallest absolute Gasteiger partial charge is 0.317 e. The minimum atomic E-state index is -0.813. The van der Waals surface area contributed by atoms with E-state index in [2.05, 4.69) is 10.3 Å². The fourth-order valence-corrected chi connectivity index (χ4v) is 4.84. The molecule has 0 aliphatic rings. The van der Waals surface area contributed by atoms with Gasteiger partial charge in [0.25, 0.3) is 5.91 Å². The van der Waals surface area contributed by atoms with Gasteiger partial charge in [0.1, 0.15) is 5.25 Å². The van der Waals surface area contributed by atoms with Crippen molar-refractivity contribution in [2.75, 3.05) is 5.32 Å². The van der Waals surface area contributed by atoms with Gasteiger partial charge < -0.3 is 10.4 Å². The third-order valence-corrected chi connectivity index (χ3v) is 6.10. The number of anilines is 1. The van der Waals surface area contributed by atoms with Gasteiger partial charge in [-0.3, -0.25) is 9.59 Å². The van der Waals surface area contributed by atoms with Crippen LogP contribution in [0.5, 0.6) is 0 Å². The first kappa shape index (κ1) is 18.4. The lowest BCUT2D eigenvalue weighted by Gasteiger charge is -2.07. The first-order valence-electron chi connectivity index (χ1n) is 8.23. The summed E-state index contributed by atoms with van der Waals surface area (Å²) in [6.07, 6.45) is 1.42. The summed E-state index contributed by atoms with van der Waals surface area (Å²) < 4.78 is 1.64. The lowest BCUT2D eigenvalue weighted by molar-refractivity contribution is -0.136. The molecule has 1 heterocycles. The average molecular weight is 386 g/mol. The molecule has 5 nitrogen and oxygen atoms in total. The van der Waals surface area contributed by atoms with Crippen LogP contribution in [0.25, 0.3) is 10.2 Å². The highest BCUT2D eigenvalue weighted by Gasteiger charge is 2.20. The molecule has 1 atom stereocenters. The number of fused-ring (bicyclic) bond motifs is 1. The summed E-state index contributed by atoms with van der Waals surface area (Å²) in [7, 11) is 0. The van der Waals surface area contributed by atoms with E-state index < -0.39 is 11.2 Å². The van der Waals surface area contributed by atoms with Crippen molar-refractivity contribution in [3.05, 3.63) is 54.1 Å². The van der Waals surface area contributed by atoms with Crippen LogP contribution in [0.4, 0.5) is 5.69 Å². The number of aliphatic carboxylic acids is 1. The Bertz CT molecular complexity index is 925. The van der Waals surface area contributed by atoms with E-state index in [9.17, 15) is 14.7 Å². The number of carboxylic acids is 1. The maximum absolute atomic E-state index is 12.3. The number of nitrogens with one attached hydrogen (secondary N) is 1. The third-order valence-electron chi connectivity index (χ3n) is 3.73. The topological polar surface area (TPSA) is 79.3 Å². The maximum atomic E-state index is 12.3. The van der Waals surface area contributed by atoms with Crippen LogP contribution in [-0.4, -0.2) is 27.2 Å². The number of aromatic nitrogens is 1. The number of rotatable bonds is 7. The molecule has 26 heavy (non-hydrogen) atoms. The standard InChI is InChI=1S/C19H18N2O3S2/c1-2-6-15(18(23)24)25-19-21-14-10-9-13(11-16(14)26-19)20-17(22)12-7-4-3-5-8-12/h3-5,7-11,15H,2,6H2,1H3,(H,20,22)(H,23,24). The van der Waals surface area contributed by atoms with Crippen LogP contribution in [0.1, 0.15) is 30.1 Å². The molecular formula is C19H18N2O3S2. The Kier molecular flexibility index (Phi) is 5.90. The number of carbonyl (C=O) groups excluding carboxylic acids is 1. The molecule has 0 fully saturated rings. The minimum Gasteiger partial charge on any atom is -0.480 e.